The summed E-state index contributed by atoms with van der Waals surface area (Å²) in [6.45, 7) is 3.18. The smallest absolute Gasteiger partial charge is 0.215 e. The van der Waals surface area contributed by atoms with Crippen molar-refractivity contribution in [1.82, 2.24) is 8.87 Å². The molecular weight excluding hydrogens is 292 g/mol. The quantitative estimate of drug-likeness (QED) is 0.871. The lowest BCUT2D eigenvalue weighted by Gasteiger charge is -2.35. The molecule has 1 unspecified atom stereocenters. The van der Waals surface area contributed by atoms with E-state index in [2.05, 4.69) is 4.57 Å². The Morgan fingerprint density at radius 3 is 2.85 bits per heavy atom. The third-order valence-electron chi connectivity index (χ3n) is 3.63. The summed E-state index contributed by atoms with van der Waals surface area (Å²) in [4.78, 5) is 1.09. The minimum atomic E-state index is -3.20. The zero-order valence-electron chi connectivity index (χ0n) is 11.4. The van der Waals surface area contributed by atoms with E-state index in [0.717, 1.165) is 17.1 Å². The maximum Gasteiger partial charge on any atom is 0.215 e. The second kappa shape index (κ2) is 5.35. The largest absolute Gasteiger partial charge is 0.348 e. The normalized spacial score (nSPS) is 19.9. The third-order valence-corrected chi connectivity index (χ3v) is 6.58. The molecule has 3 rings (SSSR count). The molecule has 108 valence electrons. The lowest BCUT2D eigenvalue weighted by Crippen LogP contribution is -2.43. The molecule has 0 bridgehead atoms. The zero-order chi connectivity index (χ0) is 14.2. The van der Waals surface area contributed by atoms with Gasteiger partial charge in [0.2, 0.25) is 10.0 Å². The van der Waals surface area contributed by atoms with Crippen molar-refractivity contribution in [2.24, 2.45) is 0 Å². The molecular formula is C14H18N2O2S2. The summed E-state index contributed by atoms with van der Waals surface area (Å²) in [6.07, 6.45) is 2.68. The summed E-state index contributed by atoms with van der Waals surface area (Å²) in [5.74, 6) is 0.218. The zero-order valence-corrected chi connectivity index (χ0v) is 13.0. The van der Waals surface area contributed by atoms with Gasteiger partial charge < -0.3 is 4.57 Å². The Kier molecular flexibility index (Phi) is 3.70. The van der Waals surface area contributed by atoms with Crippen LogP contribution in [0.25, 0.3) is 0 Å². The fourth-order valence-corrected chi connectivity index (χ4v) is 5.34. The molecule has 0 radical (unpaired) electrons. The molecule has 0 saturated heterocycles. The molecule has 2 aromatic heterocycles. The van der Waals surface area contributed by atoms with Crippen LogP contribution in [0.2, 0.25) is 0 Å². The third kappa shape index (κ3) is 2.32. The number of aromatic nitrogens is 1. The second-order valence-electron chi connectivity index (χ2n) is 4.97. The maximum absolute atomic E-state index is 12.5. The van der Waals surface area contributed by atoms with Gasteiger partial charge in [0.25, 0.3) is 0 Å². The highest BCUT2D eigenvalue weighted by atomic mass is 32.2. The lowest BCUT2D eigenvalue weighted by atomic mass is 10.1. The molecule has 0 saturated carbocycles. The first-order chi connectivity index (χ1) is 9.63. The predicted molar refractivity (Wildman–Crippen MR) is 81.4 cm³/mol. The summed E-state index contributed by atoms with van der Waals surface area (Å²) in [7, 11) is -3.20. The maximum atomic E-state index is 12.5. The summed E-state index contributed by atoms with van der Waals surface area (Å²) in [6, 6.07) is 7.85. The van der Waals surface area contributed by atoms with E-state index < -0.39 is 10.0 Å². The fraction of sp³-hybridized carbons (Fsp3) is 0.429. The van der Waals surface area contributed by atoms with Gasteiger partial charge in [-0.25, -0.2) is 8.42 Å². The number of thiophene rings is 1. The van der Waals surface area contributed by atoms with Crippen molar-refractivity contribution in [3.8, 4) is 0 Å². The van der Waals surface area contributed by atoms with Gasteiger partial charge in [-0.15, -0.1) is 11.3 Å². The van der Waals surface area contributed by atoms with Gasteiger partial charge in [0.15, 0.2) is 0 Å². The number of hydrogen-bond acceptors (Lipinski definition) is 3. The highest BCUT2D eigenvalue weighted by Gasteiger charge is 2.36. The van der Waals surface area contributed by atoms with Gasteiger partial charge in [-0.2, -0.15) is 4.31 Å². The Morgan fingerprint density at radius 2 is 2.15 bits per heavy atom. The summed E-state index contributed by atoms with van der Waals surface area (Å²) >= 11 is 1.61. The van der Waals surface area contributed by atoms with Crippen LogP contribution in [0.15, 0.2) is 35.8 Å². The van der Waals surface area contributed by atoms with E-state index >= 15 is 0 Å². The average molecular weight is 310 g/mol. The molecule has 2 aromatic rings. The minimum absolute atomic E-state index is 0.171. The lowest BCUT2D eigenvalue weighted by molar-refractivity contribution is 0.301. The molecule has 6 heteroatoms. The Labute approximate surface area is 123 Å². The van der Waals surface area contributed by atoms with Crippen LogP contribution in [0, 0.1) is 0 Å². The van der Waals surface area contributed by atoms with Crippen LogP contribution in [0.4, 0.5) is 0 Å². The van der Waals surface area contributed by atoms with Crippen LogP contribution in [-0.4, -0.2) is 29.6 Å². The molecule has 20 heavy (non-hydrogen) atoms. The van der Waals surface area contributed by atoms with Crippen molar-refractivity contribution in [3.05, 3.63) is 46.4 Å². The van der Waals surface area contributed by atoms with E-state index in [1.165, 1.54) is 0 Å². The predicted octanol–water partition coefficient (Wildman–Crippen LogP) is 2.69. The number of rotatable bonds is 4. The van der Waals surface area contributed by atoms with Gasteiger partial charge in [0.05, 0.1) is 11.8 Å². The van der Waals surface area contributed by atoms with Crippen molar-refractivity contribution in [2.45, 2.75) is 25.9 Å². The molecule has 4 nitrogen and oxygen atoms in total. The molecule has 0 spiro atoms. The van der Waals surface area contributed by atoms with Crippen molar-refractivity contribution < 1.29 is 8.42 Å². The van der Waals surface area contributed by atoms with E-state index in [0.29, 0.717) is 13.0 Å². The first-order valence-corrected chi connectivity index (χ1v) is 9.30. The topological polar surface area (TPSA) is 42.3 Å². The molecule has 3 heterocycles. The van der Waals surface area contributed by atoms with Crippen LogP contribution in [0.1, 0.15) is 30.0 Å². The SMILES string of the molecule is CCCS(=O)(=O)N1CCn2cccc2C1c1cccs1. The summed E-state index contributed by atoms with van der Waals surface area (Å²) in [5.41, 5.74) is 1.07. The van der Waals surface area contributed by atoms with Crippen LogP contribution >= 0.6 is 11.3 Å². The first-order valence-electron chi connectivity index (χ1n) is 6.81. The number of fused-ring (bicyclic) bond motifs is 1. The molecule has 1 atom stereocenters. The summed E-state index contributed by atoms with van der Waals surface area (Å²) in [5, 5.41) is 2.00. The monoisotopic (exact) mass is 310 g/mol. The Balaban J connectivity index is 2.07. The molecule has 1 aliphatic rings. The van der Waals surface area contributed by atoms with Gasteiger partial charge in [0, 0.05) is 29.9 Å². The van der Waals surface area contributed by atoms with Crippen LogP contribution in [-0.2, 0) is 16.6 Å². The molecule has 0 aromatic carbocycles. The van der Waals surface area contributed by atoms with Gasteiger partial charge in [-0.1, -0.05) is 13.0 Å². The Bertz CT molecular complexity index is 674. The molecule has 0 N–H and O–H groups in total. The Hall–Kier alpha value is -1.11. The molecule has 1 aliphatic heterocycles. The van der Waals surface area contributed by atoms with Gasteiger partial charge >= 0.3 is 0 Å². The standard InChI is InChI=1S/C14H18N2O2S2/c1-2-11-20(17,18)16-9-8-15-7-3-5-12(15)14(16)13-6-4-10-19-13/h3-7,10,14H,2,8-9,11H2,1H3. The van der Waals surface area contributed by atoms with Gasteiger partial charge in [-0.3, -0.25) is 0 Å². The van der Waals surface area contributed by atoms with Crippen molar-refractivity contribution >= 4 is 21.4 Å². The highest BCUT2D eigenvalue weighted by Crippen LogP contribution is 2.36. The van der Waals surface area contributed by atoms with Crippen molar-refractivity contribution in [3.63, 3.8) is 0 Å². The second-order valence-corrected chi connectivity index (χ2v) is 7.99. The Morgan fingerprint density at radius 1 is 1.30 bits per heavy atom. The van der Waals surface area contributed by atoms with Gasteiger partial charge in [-0.05, 0) is 30.0 Å². The fourth-order valence-electron chi connectivity index (χ4n) is 2.77. The van der Waals surface area contributed by atoms with Gasteiger partial charge in [0.1, 0.15) is 0 Å². The average Bonchev–Trinajstić information content (AvgIpc) is 3.08. The van der Waals surface area contributed by atoms with Crippen molar-refractivity contribution in [1.29, 1.82) is 0 Å². The van der Waals surface area contributed by atoms with E-state index in [1.807, 2.05) is 42.8 Å². The molecule has 0 amide bonds. The molecule has 0 aliphatic carbocycles. The number of sulfonamides is 1. The minimum Gasteiger partial charge on any atom is -0.348 e. The van der Waals surface area contributed by atoms with Crippen molar-refractivity contribution in [2.75, 3.05) is 12.3 Å². The summed E-state index contributed by atoms with van der Waals surface area (Å²) < 4.78 is 28.9. The van der Waals surface area contributed by atoms with Crippen LogP contribution < -0.4 is 0 Å². The van der Waals surface area contributed by atoms with E-state index in [1.54, 1.807) is 15.6 Å². The van der Waals surface area contributed by atoms with Crippen LogP contribution in [0.3, 0.4) is 0 Å². The van der Waals surface area contributed by atoms with E-state index in [9.17, 15) is 8.42 Å². The van der Waals surface area contributed by atoms with E-state index in [4.69, 9.17) is 0 Å². The van der Waals surface area contributed by atoms with Crippen LogP contribution in [0.5, 0.6) is 0 Å². The first kappa shape index (κ1) is 13.9. The highest BCUT2D eigenvalue weighted by molar-refractivity contribution is 7.89. The van der Waals surface area contributed by atoms with E-state index in [-0.39, 0.29) is 11.8 Å². The molecule has 0 fully saturated rings. The number of hydrogen-bond donors (Lipinski definition) is 0. The number of nitrogens with zero attached hydrogens (tertiary/aromatic N) is 2.